The van der Waals surface area contributed by atoms with E-state index in [1.54, 1.807) is 0 Å². The van der Waals surface area contributed by atoms with Crippen molar-refractivity contribution in [1.82, 2.24) is 4.98 Å². The van der Waals surface area contributed by atoms with Gasteiger partial charge in [0.1, 0.15) is 0 Å². The smallest absolute Gasteiger partial charge is 0.383 e. The molecule has 4 heteroatoms. The first kappa shape index (κ1) is 16.2. The van der Waals surface area contributed by atoms with Crippen molar-refractivity contribution >= 4 is 8.72 Å². The molecule has 0 aromatic heterocycles. The van der Waals surface area contributed by atoms with E-state index in [9.17, 15) is 0 Å². The predicted molar refractivity (Wildman–Crippen MR) is 78.7 cm³/mol. The van der Waals surface area contributed by atoms with Gasteiger partial charge in [0.05, 0.1) is 0 Å². The van der Waals surface area contributed by atoms with Crippen LogP contribution in [-0.2, 0) is 8.85 Å². The molecule has 0 aromatic carbocycles. The summed E-state index contributed by atoms with van der Waals surface area (Å²) in [6.45, 7) is 8.17. The highest BCUT2D eigenvalue weighted by Gasteiger charge is 2.38. The minimum Gasteiger partial charge on any atom is -0.383 e. The second kappa shape index (κ2) is 9.07. The molecule has 0 spiro atoms. The average Bonchev–Trinajstić information content (AvgIpc) is 2.43. The molecule has 0 aromatic rings. The van der Waals surface area contributed by atoms with Crippen molar-refractivity contribution in [2.45, 2.75) is 77.8 Å². The average molecular weight is 273 g/mol. The van der Waals surface area contributed by atoms with E-state index in [0.717, 1.165) is 32.1 Å². The molecule has 0 unspecified atom stereocenters. The van der Waals surface area contributed by atoms with E-state index in [1.807, 2.05) is 0 Å². The highest BCUT2D eigenvalue weighted by Crippen LogP contribution is 2.21. The predicted octanol–water partition coefficient (Wildman–Crippen LogP) is 3.72. The van der Waals surface area contributed by atoms with E-state index in [-0.39, 0.29) is 0 Å². The molecule has 0 amide bonds. The van der Waals surface area contributed by atoms with Gasteiger partial charge in [-0.1, -0.05) is 40.0 Å². The van der Waals surface area contributed by atoms with Crippen molar-refractivity contribution in [3.05, 3.63) is 0 Å². The maximum atomic E-state index is 6.14. The highest BCUT2D eigenvalue weighted by atomic mass is 28.4. The molecule has 0 heterocycles. The van der Waals surface area contributed by atoms with Crippen LogP contribution >= 0.6 is 0 Å². The Bertz CT molecular complexity index is 200. The molecule has 1 saturated carbocycles. The third kappa shape index (κ3) is 5.39. The molecular weight excluding hydrogens is 242 g/mol. The Hall–Kier alpha value is 0.0969. The number of rotatable bonds is 9. The van der Waals surface area contributed by atoms with Gasteiger partial charge < -0.3 is 8.85 Å². The first-order chi connectivity index (χ1) is 8.76. The molecule has 1 N–H and O–H groups in total. The van der Waals surface area contributed by atoms with Crippen LogP contribution < -0.4 is 4.98 Å². The van der Waals surface area contributed by atoms with E-state index in [1.165, 1.54) is 32.1 Å². The van der Waals surface area contributed by atoms with E-state index in [0.29, 0.717) is 6.04 Å². The van der Waals surface area contributed by atoms with Gasteiger partial charge in [-0.25, -0.2) is 0 Å². The van der Waals surface area contributed by atoms with Crippen molar-refractivity contribution in [1.29, 1.82) is 0 Å². The van der Waals surface area contributed by atoms with Gasteiger partial charge >= 0.3 is 8.72 Å². The fourth-order valence-electron chi connectivity index (χ4n) is 2.52. The Morgan fingerprint density at radius 2 is 1.50 bits per heavy atom. The standard InChI is InChI=1S/C14H31NO2Si/c1-4-12-16-18(6-3,17-13-5-2)15-14-10-8-7-9-11-14/h14-15H,4-13H2,1-3H3. The van der Waals surface area contributed by atoms with Crippen LogP contribution in [0.5, 0.6) is 0 Å². The lowest BCUT2D eigenvalue weighted by molar-refractivity contribution is 0.149. The summed E-state index contributed by atoms with van der Waals surface area (Å²) < 4.78 is 12.3. The molecule has 1 aliphatic rings. The van der Waals surface area contributed by atoms with Gasteiger partial charge in [0.15, 0.2) is 0 Å². The zero-order valence-electron chi connectivity index (χ0n) is 12.5. The Kier molecular flexibility index (Phi) is 8.14. The molecule has 0 atom stereocenters. The Morgan fingerprint density at radius 3 is 1.94 bits per heavy atom. The van der Waals surface area contributed by atoms with E-state index >= 15 is 0 Å². The van der Waals surface area contributed by atoms with Gasteiger partial charge in [0, 0.05) is 25.3 Å². The monoisotopic (exact) mass is 273 g/mol. The van der Waals surface area contributed by atoms with Crippen molar-refractivity contribution in [2.24, 2.45) is 0 Å². The van der Waals surface area contributed by atoms with E-state index in [2.05, 4.69) is 25.8 Å². The summed E-state index contributed by atoms with van der Waals surface area (Å²) in [6.07, 6.45) is 8.82. The zero-order chi connectivity index (χ0) is 13.3. The second-order valence-corrected chi connectivity index (χ2v) is 8.36. The molecule has 108 valence electrons. The number of hydrogen-bond donors (Lipinski definition) is 1. The molecule has 1 rings (SSSR count). The quantitative estimate of drug-likeness (QED) is 0.649. The minimum atomic E-state index is -2.15. The van der Waals surface area contributed by atoms with Crippen LogP contribution in [-0.4, -0.2) is 28.0 Å². The molecule has 1 aliphatic carbocycles. The first-order valence-corrected chi connectivity index (χ1v) is 9.84. The lowest BCUT2D eigenvalue weighted by Gasteiger charge is -2.35. The third-order valence-corrected chi connectivity index (χ3v) is 6.69. The Morgan fingerprint density at radius 1 is 0.944 bits per heavy atom. The molecule has 1 fully saturated rings. The molecular formula is C14H31NO2Si. The largest absolute Gasteiger partial charge is 0.424 e. The second-order valence-electron chi connectivity index (χ2n) is 5.28. The molecule has 0 aliphatic heterocycles. The van der Waals surface area contributed by atoms with Crippen LogP contribution in [0.2, 0.25) is 6.04 Å². The summed E-state index contributed by atoms with van der Waals surface area (Å²) in [6, 6.07) is 1.63. The van der Waals surface area contributed by atoms with E-state index < -0.39 is 8.72 Å². The molecule has 0 bridgehead atoms. The summed E-state index contributed by atoms with van der Waals surface area (Å²) in [5, 5.41) is 0. The van der Waals surface area contributed by atoms with Crippen LogP contribution in [0.25, 0.3) is 0 Å². The molecule has 0 radical (unpaired) electrons. The Balaban J connectivity index is 2.54. The zero-order valence-corrected chi connectivity index (χ0v) is 13.5. The van der Waals surface area contributed by atoms with Crippen molar-refractivity contribution < 1.29 is 8.85 Å². The van der Waals surface area contributed by atoms with Crippen LogP contribution in [0.3, 0.4) is 0 Å². The van der Waals surface area contributed by atoms with Crippen LogP contribution in [0.15, 0.2) is 0 Å². The number of nitrogens with one attached hydrogen (secondary N) is 1. The van der Waals surface area contributed by atoms with Gasteiger partial charge in [0.2, 0.25) is 0 Å². The lowest BCUT2D eigenvalue weighted by atomic mass is 9.96. The first-order valence-electron chi connectivity index (χ1n) is 7.82. The normalized spacial score (nSPS) is 18.2. The number of hydrogen-bond acceptors (Lipinski definition) is 3. The van der Waals surface area contributed by atoms with Crippen LogP contribution in [0.4, 0.5) is 0 Å². The van der Waals surface area contributed by atoms with Crippen LogP contribution in [0.1, 0.15) is 65.7 Å². The maximum absolute atomic E-state index is 6.14. The summed E-state index contributed by atoms with van der Waals surface area (Å²) in [5.41, 5.74) is 0. The van der Waals surface area contributed by atoms with Crippen LogP contribution in [0, 0.1) is 0 Å². The van der Waals surface area contributed by atoms with Gasteiger partial charge in [-0.15, -0.1) is 0 Å². The SMILES string of the molecule is CCCO[Si](CC)(NC1CCCCC1)OCCC. The van der Waals surface area contributed by atoms with Gasteiger partial charge in [-0.05, 0) is 25.7 Å². The van der Waals surface area contributed by atoms with Crippen molar-refractivity contribution in [3.8, 4) is 0 Å². The fourth-order valence-corrected chi connectivity index (χ4v) is 5.36. The highest BCUT2D eigenvalue weighted by molar-refractivity contribution is 6.64. The van der Waals surface area contributed by atoms with Crippen molar-refractivity contribution in [3.63, 3.8) is 0 Å². The minimum absolute atomic E-state index is 0.624. The van der Waals surface area contributed by atoms with E-state index in [4.69, 9.17) is 8.85 Å². The third-order valence-electron chi connectivity index (χ3n) is 3.57. The van der Waals surface area contributed by atoms with Gasteiger partial charge in [-0.2, -0.15) is 0 Å². The maximum Gasteiger partial charge on any atom is 0.424 e. The summed E-state index contributed by atoms with van der Waals surface area (Å²) in [4.78, 5) is 3.78. The fraction of sp³-hybridized carbons (Fsp3) is 1.00. The Labute approximate surface area is 114 Å². The van der Waals surface area contributed by atoms with Crippen molar-refractivity contribution in [2.75, 3.05) is 13.2 Å². The molecule has 3 nitrogen and oxygen atoms in total. The van der Waals surface area contributed by atoms with Gasteiger partial charge in [-0.3, -0.25) is 4.98 Å². The van der Waals surface area contributed by atoms with Gasteiger partial charge in [0.25, 0.3) is 0 Å². The molecule has 18 heavy (non-hydrogen) atoms. The molecule has 0 saturated heterocycles. The summed E-state index contributed by atoms with van der Waals surface area (Å²) >= 11 is 0. The topological polar surface area (TPSA) is 30.5 Å². The summed E-state index contributed by atoms with van der Waals surface area (Å²) in [7, 11) is -2.15. The lowest BCUT2D eigenvalue weighted by Crippen LogP contribution is -2.60. The summed E-state index contributed by atoms with van der Waals surface area (Å²) in [5.74, 6) is 0.